The van der Waals surface area contributed by atoms with Crippen LogP contribution >= 0.6 is 0 Å². The Morgan fingerprint density at radius 2 is 1.92 bits per heavy atom. The van der Waals surface area contributed by atoms with Gasteiger partial charge < -0.3 is 10.0 Å². The maximum absolute atomic E-state index is 13.0. The van der Waals surface area contributed by atoms with Crippen LogP contribution in [0.3, 0.4) is 0 Å². The Morgan fingerprint density at radius 3 is 2.62 bits per heavy atom. The minimum atomic E-state index is -4.36. The number of piperazine rings is 1. The van der Waals surface area contributed by atoms with Crippen LogP contribution in [0.5, 0.6) is 0 Å². The van der Waals surface area contributed by atoms with Gasteiger partial charge in [0, 0.05) is 45.0 Å². The molecule has 1 atom stereocenters. The quantitative estimate of drug-likeness (QED) is 0.859. The van der Waals surface area contributed by atoms with Crippen molar-refractivity contribution < 1.29 is 18.3 Å². The summed E-state index contributed by atoms with van der Waals surface area (Å²) in [7, 11) is 0. The van der Waals surface area contributed by atoms with Crippen LogP contribution in [0.15, 0.2) is 18.3 Å². The largest absolute Gasteiger partial charge is 0.416 e. The topological polar surface area (TPSA) is 39.6 Å². The lowest BCUT2D eigenvalue weighted by atomic mass is 9.88. The highest BCUT2D eigenvalue weighted by Crippen LogP contribution is 2.32. The number of anilines is 1. The van der Waals surface area contributed by atoms with Crippen molar-refractivity contribution in [3.63, 3.8) is 0 Å². The van der Waals surface area contributed by atoms with Crippen molar-refractivity contribution in [3.05, 3.63) is 23.9 Å². The molecule has 3 rings (SSSR count). The summed E-state index contributed by atoms with van der Waals surface area (Å²) >= 11 is 0. The van der Waals surface area contributed by atoms with Gasteiger partial charge in [0.1, 0.15) is 5.82 Å². The summed E-state index contributed by atoms with van der Waals surface area (Å²) in [6, 6.07) is 2.30. The molecule has 7 heteroatoms. The summed E-state index contributed by atoms with van der Waals surface area (Å²) in [5.74, 6) is 1.09. The Bertz CT molecular complexity index is 575. The normalized spacial score (nSPS) is 23.4. The second kappa shape index (κ2) is 8.57. The smallest absolute Gasteiger partial charge is 0.396 e. The molecule has 0 aromatic carbocycles. The first kappa shape index (κ1) is 19.4. The number of halogens is 3. The van der Waals surface area contributed by atoms with Crippen molar-refractivity contribution in [3.8, 4) is 0 Å². The van der Waals surface area contributed by atoms with Crippen LogP contribution in [0.25, 0.3) is 0 Å². The summed E-state index contributed by atoms with van der Waals surface area (Å²) in [5, 5.41) is 9.44. The van der Waals surface area contributed by atoms with E-state index in [2.05, 4.69) is 9.88 Å². The summed E-state index contributed by atoms with van der Waals surface area (Å²) in [6.45, 7) is 3.22. The highest BCUT2D eigenvalue weighted by atomic mass is 19.4. The average Bonchev–Trinajstić information content (AvgIpc) is 2.64. The molecule has 1 aromatic rings. The van der Waals surface area contributed by atoms with E-state index >= 15 is 0 Å². The lowest BCUT2D eigenvalue weighted by Crippen LogP contribution is -2.55. The molecule has 2 heterocycles. The molecule has 1 aliphatic carbocycles. The predicted molar refractivity (Wildman–Crippen MR) is 95.1 cm³/mol. The molecule has 2 aliphatic rings. The van der Waals surface area contributed by atoms with E-state index in [9.17, 15) is 18.3 Å². The average molecular weight is 371 g/mol. The van der Waals surface area contributed by atoms with Crippen molar-refractivity contribution in [2.24, 2.45) is 5.92 Å². The molecule has 1 unspecified atom stereocenters. The molecular weight excluding hydrogens is 343 g/mol. The Hall–Kier alpha value is -1.34. The number of alkyl halides is 3. The maximum atomic E-state index is 13.0. The molecule has 0 radical (unpaired) electrons. The van der Waals surface area contributed by atoms with Gasteiger partial charge in [0.25, 0.3) is 0 Å². The zero-order valence-electron chi connectivity index (χ0n) is 15.1. The zero-order valence-corrected chi connectivity index (χ0v) is 15.1. The Morgan fingerprint density at radius 1 is 1.15 bits per heavy atom. The van der Waals surface area contributed by atoms with E-state index in [-0.39, 0.29) is 12.6 Å². The van der Waals surface area contributed by atoms with E-state index < -0.39 is 11.7 Å². The number of nitrogens with zero attached hydrogens (tertiary/aromatic N) is 3. The third kappa shape index (κ3) is 4.88. The first-order chi connectivity index (χ1) is 12.5. The molecule has 0 spiro atoms. The number of aromatic nitrogens is 1. The Balaban J connectivity index is 1.67. The number of hydrogen-bond donors (Lipinski definition) is 1. The van der Waals surface area contributed by atoms with Crippen molar-refractivity contribution in [1.82, 2.24) is 9.88 Å². The van der Waals surface area contributed by atoms with Gasteiger partial charge in [-0.2, -0.15) is 13.2 Å². The van der Waals surface area contributed by atoms with Crippen LogP contribution in [-0.2, 0) is 6.18 Å². The van der Waals surface area contributed by atoms with Gasteiger partial charge in [0.15, 0.2) is 0 Å². The number of rotatable bonds is 5. The molecule has 146 valence electrons. The van der Waals surface area contributed by atoms with Crippen molar-refractivity contribution in [2.45, 2.75) is 50.7 Å². The fourth-order valence-corrected chi connectivity index (χ4v) is 4.23. The maximum Gasteiger partial charge on any atom is 0.416 e. The lowest BCUT2D eigenvalue weighted by Gasteiger charge is -2.43. The molecule has 2 fully saturated rings. The molecule has 0 bridgehead atoms. The molecule has 1 saturated carbocycles. The van der Waals surface area contributed by atoms with Crippen LogP contribution in [0.1, 0.15) is 44.1 Å². The van der Waals surface area contributed by atoms with E-state index in [1.165, 1.54) is 38.3 Å². The highest BCUT2D eigenvalue weighted by Gasteiger charge is 2.33. The molecule has 1 saturated heterocycles. The minimum absolute atomic E-state index is 0.0929. The van der Waals surface area contributed by atoms with E-state index in [1.807, 2.05) is 4.90 Å². The highest BCUT2D eigenvalue weighted by molar-refractivity contribution is 5.42. The molecule has 1 aromatic heterocycles. The summed E-state index contributed by atoms with van der Waals surface area (Å²) in [4.78, 5) is 8.51. The summed E-state index contributed by atoms with van der Waals surface area (Å²) in [5.41, 5.74) is -0.661. The summed E-state index contributed by atoms with van der Waals surface area (Å²) in [6.07, 6.45) is 3.96. The number of hydrogen-bond acceptors (Lipinski definition) is 4. The van der Waals surface area contributed by atoms with Crippen LogP contribution in [-0.4, -0.2) is 53.8 Å². The zero-order chi connectivity index (χ0) is 18.6. The van der Waals surface area contributed by atoms with Gasteiger partial charge in [0.2, 0.25) is 0 Å². The molecule has 0 amide bonds. The second-order valence-electron chi connectivity index (χ2n) is 7.51. The third-order valence-corrected chi connectivity index (χ3v) is 5.68. The first-order valence-electron chi connectivity index (χ1n) is 9.60. The van der Waals surface area contributed by atoms with E-state index in [4.69, 9.17) is 0 Å². The third-order valence-electron chi connectivity index (χ3n) is 5.68. The van der Waals surface area contributed by atoms with Gasteiger partial charge in [-0.15, -0.1) is 0 Å². The van der Waals surface area contributed by atoms with Gasteiger partial charge in [0.05, 0.1) is 5.56 Å². The van der Waals surface area contributed by atoms with Crippen LogP contribution in [0.4, 0.5) is 19.0 Å². The monoisotopic (exact) mass is 371 g/mol. The Labute approximate surface area is 153 Å². The number of aliphatic hydroxyl groups excluding tert-OH is 1. The molecule has 26 heavy (non-hydrogen) atoms. The van der Waals surface area contributed by atoms with E-state index in [1.54, 1.807) is 0 Å². The number of aliphatic hydroxyl groups is 1. The fourth-order valence-electron chi connectivity index (χ4n) is 4.23. The van der Waals surface area contributed by atoms with Crippen LogP contribution in [0.2, 0.25) is 0 Å². The SMILES string of the molecule is OCCC1CN(c2cc(C(F)(F)F)ccn2)CCN1CC1CCCCC1. The molecular formula is C19H28F3N3O. The fraction of sp³-hybridized carbons (Fsp3) is 0.737. The Kier molecular flexibility index (Phi) is 6.40. The van der Waals surface area contributed by atoms with Crippen LogP contribution in [0, 0.1) is 5.92 Å². The molecule has 1 N–H and O–H groups in total. The van der Waals surface area contributed by atoms with Gasteiger partial charge in [-0.25, -0.2) is 4.98 Å². The number of pyridine rings is 1. The van der Waals surface area contributed by atoms with Gasteiger partial charge in [-0.3, -0.25) is 4.90 Å². The molecule has 4 nitrogen and oxygen atoms in total. The van der Waals surface area contributed by atoms with E-state index in [0.29, 0.717) is 31.2 Å². The molecule has 1 aliphatic heterocycles. The van der Waals surface area contributed by atoms with Crippen molar-refractivity contribution in [1.29, 1.82) is 0 Å². The van der Waals surface area contributed by atoms with Gasteiger partial charge >= 0.3 is 6.18 Å². The van der Waals surface area contributed by atoms with Crippen molar-refractivity contribution >= 4 is 5.82 Å². The van der Waals surface area contributed by atoms with E-state index in [0.717, 1.165) is 25.2 Å². The van der Waals surface area contributed by atoms with Gasteiger partial charge in [-0.1, -0.05) is 19.3 Å². The minimum Gasteiger partial charge on any atom is -0.396 e. The predicted octanol–water partition coefficient (Wildman–Crippen LogP) is 3.55. The standard InChI is InChI=1S/C19H28F3N3O/c20-19(21,22)16-6-8-23-18(12-16)25-10-9-24(17(14-25)7-11-26)13-15-4-2-1-3-5-15/h6,8,12,15,17,26H,1-5,7,9-11,13-14H2. The van der Waals surface area contributed by atoms with Crippen molar-refractivity contribution in [2.75, 3.05) is 37.7 Å². The second-order valence-corrected chi connectivity index (χ2v) is 7.51. The van der Waals surface area contributed by atoms with Crippen LogP contribution < -0.4 is 4.90 Å². The first-order valence-corrected chi connectivity index (χ1v) is 9.60. The summed E-state index contributed by atoms with van der Waals surface area (Å²) < 4.78 is 38.9. The van der Waals surface area contributed by atoms with Gasteiger partial charge in [-0.05, 0) is 37.3 Å². The lowest BCUT2D eigenvalue weighted by molar-refractivity contribution is -0.137.